The van der Waals surface area contributed by atoms with E-state index in [9.17, 15) is 4.79 Å². The molecule has 0 aliphatic carbocycles. The van der Waals surface area contributed by atoms with Gasteiger partial charge in [-0.2, -0.15) is 4.98 Å². The number of carboxylic acid groups (broad SMARTS) is 2. The normalized spacial score (nSPS) is 14.0. The molecule has 1 saturated heterocycles. The Labute approximate surface area is 113 Å². The maximum Gasteiger partial charge on any atom is 0.414 e. The van der Waals surface area contributed by atoms with Gasteiger partial charge < -0.3 is 25.4 Å². The number of aromatic nitrogens is 2. The van der Waals surface area contributed by atoms with Crippen molar-refractivity contribution in [1.29, 1.82) is 0 Å². The van der Waals surface area contributed by atoms with E-state index in [1.54, 1.807) is 11.8 Å². The van der Waals surface area contributed by atoms with Gasteiger partial charge in [-0.05, 0) is 0 Å². The lowest BCUT2D eigenvalue weighted by molar-refractivity contribution is -0.159. The minimum atomic E-state index is -1.82. The molecule has 1 aromatic rings. The number of carboxylic acids is 2. The summed E-state index contributed by atoms with van der Waals surface area (Å²) >= 11 is 0. The second-order valence-electron chi connectivity index (χ2n) is 3.98. The van der Waals surface area contributed by atoms with Crippen molar-refractivity contribution in [1.82, 2.24) is 15.0 Å². The average molecular weight is 286 g/mol. The van der Waals surface area contributed by atoms with E-state index in [4.69, 9.17) is 30.1 Å². The van der Waals surface area contributed by atoms with Gasteiger partial charge in [-0.15, -0.1) is 0 Å². The van der Waals surface area contributed by atoms with Crippen molar-refractivity contribution in [2.75, 3.05) is 13.1 Å². The van der Waals surface area contributed by atoms with Crippen LogP contribution in [0.2, 0.25) is 0 Å². The molecule has 1 aliphatic rings. The predicted octanol–water partition coefficient (Wildman–Crippen LogP) is -1.37. The summed E-state index contributed by atoms with van der Waals surface area (Å²) in [6.45, 7) is 3.17. The van der Waals surface area contributed by atoms with Crippen molar-refractivity contribution in [3.63, 3.8) is 0 Å². The third-order valence-corrected chi connectivity index (χ3v) is 2.53. The van der Waals surface area contributed by atoms with Crippen LogP contribution in [0, 0.1) is 0 Å². The second kappa shape index (κ2) is 6.61. The monoisotopic (exact) mass is 286 g/mol. The number of hydrogen-bond acceptors (Lipinski definition) is 7. The molecule has 1 aliphatic heterocycles. The van der Waals surface area contributed by atoms with Gasteiger partial charge in [0, 0.05) is 20.0 Å². The Morgan fingerprint density at radius 1 is 1.35 bits per heavy atom. The number of nitrogens with zero attached hydrogens (tertiary/aromatic N) is 3. The molecule has 1 aromatic heterocycles. The summed E-state index contributed by atoms with van der Waals surface area (Å²) in [7, 11) is 0. The maximum absolute atomic E-state index is 10.9. The van der Waals surface area contributed by atoms with Crippen LogP contribution in [0.1, 0.15) is 24.6 Å². The smallest absolute Gasteiger partial charge is 0.414 e. The van der Waals surface area contributed by atoms with E-state index in [1.165, 1.54) is 0 Å². The van der Waals surface area contributed by atoms with Crippen LogP contribution in [0.5, 0.6) is 0 Å². The van der Waals surface area contributed by atoms with Crippen LogP contribution in [-0.2, 0) is 20.9 Å². The Morgan fingerprint density at radius 2 is 1.90 bits per heavy atom. The minimum absolute atomic E-state index is 0.0832. The van der Waals surface area contributed by atoms with Gasteiger partial charge in [0.25, 0.3) is 0 Å². The fourth-order valence-corrected chi connectivity index (χ4v) is 1.41. The molecule has 10 nitrogen and oxygen atoms in total. The van der Waals surface area contributed by atoms with Crippen molar-refractivity contribution in [3.05, 3.63) is 11.7 Å². The summed E-state index contributed by atoms with van der Waals surface area (Å²) in [5.74, 6) is -2.28. The van der Waals surface area contributed by atoms with Crippen LogP contribution >= 0.6 is 0 Å². The molecule has 20 heavy (non-hydrogen) atoms. The van der Waals surface area contributed by atoms with Crippen molar-refractivity contribution >= 4 is 17.8 Å². The van der Waals surface area contributed by atoms with E-state index < -0.39 is 11.9 Å². The highest BCUT2D eigenvalue weighted by atomic mass is 16.5. The first-order valence-corrected chi connectivity index (χ1v) is 5.59. The van der Waals surface area contributed by atoms with Gasteiger partial charge in [0.05, 0.1) is 12.5 Å². The Hall–Kier alpha value is -2.49. The highest BCUT2D eigenvalue weighted by Crippen LogP contribution is 2.25. The number of nitrogens with two attached hydrogens (primary N) is 1. The van der Waals surface area contributed by atoms with Crippen LogP contribution in [0.3, 0.4) is 0 Å². The molecule has 2 heterocycles. The second-order valence-corrected chi connectivity index (χ2v) is 3.98. The lowest BCUT2D eigenvalue weighted by atomic mass is 10.0. The fraction of sp³-hybridized carbons (Fsp3) is 0.500. The molecule has 0 bridgehead atoms. The van der Waals surface area contributed by atoms with Gasteiger partial charge in [-0.25, -0.2) is 9.59 Å². The summed E-state index contributed by atoms with van der Waals surface area (Å²) in [6.07, 6.45) is 0. The number of rotatable bonds is 2. The first-order valence-electron chi connectivity index (χ1n) is 5.59. The van der Waals surface area contributed by atoms with Crippen molar-refractivity contribution < 1.29 is 29.1 Å². The number of carbonyl (C=O) groups is 3. The molecule has 0 saturated carbocycles. The lowest BCUT2D eigenvalue weighted by Crippen LogP contribution is -2.47. The molecule has 4 N–H and O–H groups in total. The number of aliphatic carboxylic acids is 2. The zero-order valence-electron chi connectivity index (χ0n) is 10.6. The molecule has 0 spiro atoms. The summed E-state index contributed by atoms with van der Waals surface area (Å²) in [5.41, 5.74) is 5.35. The third-order valence-electron chi connectivity index (χ3n) is 2.53. The first kappa shape index (κ1) is 15.6. The van der Waals surface area contributed by atoms with E-state index in [0.717, 1.165) is 0 Å². The number of amides is 1. The summed E-state index contributed by atoms with van der Waals surface area (Å²) < 4.78 is 5.01. The summed E-state index contributed by atoms with van der Waals surface area (Å²) in [5, 5.41) is 18.5. The van der Waals surface area contributed by atoms with Gasteiger partial charge in [0.2, 0.25) is 11.8 Å². The first-order chi connectivity index (χ1) is 9.35. The molecule has 1 amide bonds. The maximum atomic E-state index is 10.9. The van der Waals surface area contributed by atoms with Crippen LogP contribution in [0.15, 0.2) is 4.52 Å². The number of hydrogen-bond donors (Lipinski definition) is 3. The van der Waals surface area contributed by atoms with Crippen LogP contribution in [-0.4, -0.2) is 56.2 Å². The molecule has 0 atom stereocenters. The van der Waals surface area contributed by atoms with E-state index in [1.807, 2.05) is 0 Å². The fourth-order valence-electron chi connectivity index (χ4n) is 1.41. The quantitative estimate of drug-likeness (QED) is 0.557. The van der Waals surface area contributed by atoms with Crippen LogP contribution < -0.4 is 5.73 Å². The Bertz CT molecular complexity index is 496. The highest BCUT2D eigenvalue weighted by Gasteiger charge is 2.33. The van der Waals surface area contributed by atoms with E-state index in [-0.39, 0.29) is 18.4 Å². The van der Waals surface area contributed by atoms with Gasteiger partial charge in [-0.3, -0.25) is 4.79 Å². The van der Waals surface area contributed by atoms with Crippen molar-refractivity contribution in [2.45, 2.75) is 19.4 Å². The molecule has 0 radical (unpaired) electrons. The van der Waals surface area contributed by atoms with Gasteiger partial charge in [0.15, 0.2) is 5.82 Å². The molecular weight excluding hydrogens is 272 g/mol. The molecule has 10 heteroatoms. The molecule has 0 aromatic carbocycles. The van der Waals surface area contributed by atoms with Gasteiger partial charge in [0.1, 0.15) is 0 Å². The topological polar surface area (TPSA) is 160 Å². The largest absolute Gasteiger partial charge is 0.473 e. The lowest BCUT2D eigenvalue weighted by Gasteiger charge is -2.36. The molecule has 1 fully saturated rings. The third kappa shape index (κ3) is 4.02. The average Bonchev–Trinajstić information content (AvgIpc) is 2.75. The van der Waals surface area contributed by atoms with E-state index >= 15 is 0 Å². The molecule has 2 rings (SSSR count). The highest BCUT2D eigenvalue weighted by molar-refractivity contribution is 6.27. The van der Waals surface area contributed by atoms with Crippen molar-refractivity contribution in [2.24, 2.45) is 5.73 Å². The van der Waals surface area contributed by atoms with E-state index in [2.05, 4.69) is 10.1 Å². The predicted molar refractivity (Wildman–Crippen MR) is 62.5 cm³/mol. The zero-order chi connectivity index (χ0) is 15.3. The SMILES string of the molecule is CC(=O)N1CC(c2nc(CN)no2)C1.O=C(O)C(=O)O. The Kier molecular flexibility index (Phi) is 5.15. The Morgan fingerprint density at radius 3 is 2.25 bits per heavy atom. The summed E-state index contributed by atoms with van der Waals surface area (Å²) in [4.78, 5) is 34.9. The summed E-state index contributed by atoms with van der Waals surface area (Å²) in [6, 6.07) is 0. The van der Waals surface area contributed by atoms with Gasteiger partial charge >= 0.3 is 11.9 Å². The molecule has 110 valence electrons. The zero-order valence-corrected chi connectivity index (χ0v) is 10.6. The van der Waals surface area contributed by atoms with Crippen molar-refractivity contribution in [3.8, 4) is 0 Å². The minimum Gasteiger partial charge on any atom is -0.473 e. The standard InChI is InChI=1S/C8H12N4O2.C2H2O4/c1-5(13)12-3-6(4-12)8-10-7(2-9)11-14-8;3-1(4)2(5)6/h6H,2-4,9H2,1H3;(H,3,4)(H,5,6). The number of carbonyl (C=O) groups excluding carboxylic acids is 1. The number of likely N-dealkylation sites (tertiary alicyclic amines) is 1. The molecule has 0 unspecified atom stereocenters. The van der Waals surface area contributed by atoms with Crippen LogP contribution in [0.4, 0.5) is 0 Å². The molecular formula is C10H14N4O6. The van der Waals surface area contributed by atoms with E-state index in [0.29, 0.717) is 24.8 Å². The van der Waals surface area contributed by atoms with Gasteiger partial charge in [-0.1, -0.05) is 5.16 Å². The Balaban J connectivity index is 0.000000286. The van der Waals surface area contributed by atoms with Crippen LogP contribution in [0.25, 0.3) is 0 Å².